The fourth-order valence-corrected chi connectivity index (χ4v) is 3.36. The van der Waals surface area contributed by atoms with Crippen LogP contribution in [0.3, 0.4) is 0 Å². The van der Waals surface area contributed by atoms with Crippen LogP contribution in [0, 0.1) is 13.8 Å². The van der Waals surface area contributed by atoms with Crippen molar-refractivity contribution in [2.24, 2.45) is 0 Å². The average Bonchev–Trinajstić information content (AvgIpc) is 3.04. The van der Waals surface area contributed by atoms with Crippen LogP contribution in [-0.4, -0.2) is 50.0 Å². The highest BCUT2D eigenvalue weighted by molar-refractivity contribution is 6.05. The number of esters is 1. The van der Waals surface area contributed by atoms with Crippen LogP contribution in [0.15, 0.2) is 18.2 Å². The van der Waals surface area contributed by atoms with Crippen molar-refractivity contribution in [3.63, 3.8) is 0 Å². The number of ether oxygens (including phenoxy) is 4. The van der Waals surface area contributed by atoms with Crippen LogP contribution in [-0.2, 0) is 9.53 Å². The van der Waals surface area contributed by atoms with Gasteiger partial charge < -0.3 is 23.9 Å². The van der Waals surface area contributed by atoms with Crippen molar-refractivity contribution in [2.45, 2.75) is 33.8 Å². The Balaban J connectivity index is 2.16. The molecule has 8 heteroatoms. The number of aromatic nitrogens is 1. The molecule has 31 heavy (non-hydrogen) atoms. The van der Waals surface area contributed by atoms with Gasteiger partial charge in [0.1, 0.15) is 0 Å². The van der Waals surface area contributed by atoms with Crippen LogP contribution in [0.1, 0.15) is 51.5 Å². The molecular formula is C23H27NO7. The van der Waals surface area contributed by atoms with Gasteiger partial charge in [0, 0.05) is 17.3 Å². The molecule has 0 spiro atoms. The van der Waals surface area contributed by atoms with Crippen LogP contribution < -0.4 is 14.2 Å². The summed E-state index contributed by atoms with van der Waals surface area (Å²) in [5.41, 5.74) is 2.51. The molecule has 0 fully saturated rings. The lowest BCUT2D eigenvalue weighted by molar-refractivity contribution is -0.140. The Morgan fingerprint density at radius 3 is 2.03 bits per heavy atom. The monoisotopic (exact) mass is 429 g/mol. The Bertz CT molecular complexity index is 1010. The van der Waals surface area contributed by atoms with Crippen molar-refractivity contribution in [2.75, 3.05) is 21.3 Å². The average molecular weight is 429 g/mol. The molecule has 166 valence electrons. The maximum Gasteiger partial charge on any atom is 0.331 e. The molecule has 2 aromatic rings. The molecule has 2 rings (SSSR count). The van der Waals surface area contributed by atoms with Crippen molar-refractivity contribution >= 4 is 23.6 Å². The Labute approximate surface area is 181 Å². The maximum absolute atomic E-state index is 12.7. The predicted octanol–water partition coefficient (Wildman–Crippen LogP) is 3.69. The van der Waals surface area contributed by atoms with Gasteiger partial charge in [0.15, 0.2) is 23.4 Å². The normalized spacial score (nSPS) is 11.8. The van der Waals surface area contributed by atoms with E-state index in [-0.39, 0.29) is 11.5 Å². The van der Waals surface area contributed by atoms with Gasteiger partial charge in [-0.25, -0.2) is 4.79 Å². The van der Waals surface area contributed by atoms with Crippen molar-refractivity contribution in [1.82, 2.24) is 4.98 Å². The van der Waals surface area contributed by atoms with Gasteiger partial charge in [0.05, 0.1) is 27.0 Å². The number of hydrogen-bond donors (Lipinski definition) is 1. The second-order valence-electron chi connectivity index (χ2n) is 6.92. The predicted molar refractivity (Wildman–Crippen MR) is 115 cm³/mol. The van der Waals surface area contributed by atoms with E-state index < -0.39 is 17.9 Å². The quantitative estimate of drug-likeness (QED) is 0.368. The third-order valence-corrected chi connectivity index (χ3v) is 4.80. The zero-order chi connectivity index (χ0) is 23.3. The number of hydrogen-bond acceptors (Lipinski definition) is 7. The lowest BCUT2D eigenvalue weighted by atomic mass is 10.0. The summed E-state index contributed by atoms with van der Waals surface area (Å²) in [6.07, 6.45) is 1.69. The number of aryl methyl sites for hydroxylation is 1. The van der Waals surface area contributed by atoms with E-state index in [2.05, 4.69) is 4.98 Å². The molecule has 8 nitrogen and oxygen atoms in total. The van der Waals surface area contributed by atoms with Gasteiger partial charge in [-0.3, -0.25) is 9.59 Å². The summed E-state index contributed by atoms with van der Waals surface area (Å²) in [5.74, 6) is 0.0771. The second-order valence-corrected chi connectivity index (χ2v) is 6.92. The van der Waals surface area contributed by atoms with Gasteiger partial charge in [0.25, 0.3) is 0 Å². The molecule has 0 radical (unpaired) electrons. The number of carbonyl (C=O) groups is 3. The molecule has 0 aliphatic carbocycles. The third kappa shape index (κ3) is 5.14. The lowest BCUT2D eigenvalue weighted by Gasteiger charge is -2.13. The summed E-state index contributed by atoms with van der Waals surface area (Å²) >= 11 is 0. The molecular weight excluding hydrogens is 402 g/mol. The Morgan fingerprint density at radius 2 is 1.58 bits per heavy atom. The number of rotatable bonds is 9. The zero-order valence-corrected chi connectivity index (χ0v) is 18.7. The summed E-state index contributed by atoms with van der Waals surface area (Å²) in [6.45, 7) is 6.33. The first kappa shape index (κ1) is 23.7. The molecule has 0 saturated carbocycles. The summed E-state index contributed by atoms with van der Waals surface area (Å²) in [5, 5.41) is 0. The number of aromatic amines is 1. The fourth-order valence-electron chi connectivity index (χ4n) is 3.36. The van der Waals surface area contributed by atoms with Gasteiger partial charge in [-0.1, -0.05) is 0 Å². The molecule has 1 atom stereocenters. The topological polar surface area (TPSA) is 104 Å². The number of nitrogens with one attached hydrogen (secondary N) is 1. The first-order valence-corrected chi connectivity index (χ1v) is 9.57. The highest BCUT2D eigenvalue weighted by Gasteiger charge is 2.25. The molecule has 1 unspecified atom stereocenters. The third-order valence-electron chi connectivity index (χ3n) is 4.80. The zero-order valence-electron chi connectivity index (χ0n) is 18.7. The molecule has 1 N–H and O–H groups in total. The van der Waals surface area contributed by atoms with E-state index in [1.54, 1.807) is 26.0 Å². The minimum Gasteiger partial charge on any atom is -0.493 e. The maximum atomic E-state index is 12.7. The van der Waals surface area contributed by atoms with Crippen LogP contribution in [0.2, 0.25) is 0 Å². The van der Waals surface area contributed by atoms with Gasteiger partial charge in [-0.15, -0.1) is 0 Å². The van der Waals surface area contributed by atoms with E-state index >= 15 is 0 Å². The van der Waals surface area contributed by atoms with Crippen molar-refractivity contribution in [1.29, 1.82) is 0 Å². The van der Waals surface area contributed by atoms with E-state index in [0.717, 1.165) is 0 Å². The SMILES string of the molecule is COc1cc(/C=C/C(=O)OC(C)C(=O)c2[nH]c(C)c(C(C)=O)c2C)cc(OC)c1OC. The molecule has 0 bridgehead atoms. The van der Waals surface area contributed by atoms with Gasteiger partial charge in [-0.2, -0.15) is 0 Å². The Morgan fingerprint density at radius 1 is 1.00 bits per heavy atom. The fraction of sp³-hybridized carbons (Fsp3) is 0.348. The molecule has 1 aromatic heterocycles. The van der Waals surface area contributed by atoms with Gasteiger partial charge in [-0.05, 0) is 57.0 Å². The smallest absolute Gasteiger partial charge is 0.331 e. The van der Waals surface area contributed by atoms with E-state index in [1.165, 1.54) is 47.3 Å². The molecule has 0 aliphatic rings. The van der Waals surface area contributed by atoms with E-state index in [4.69, 9.17) is 18.9 Å². The minimum atomic E-state index is -1.03. The number of methoxy groups -OCH3 is 3. The van der Waals surface area contributed by atoms with E-state index in [9.17, 15) is 14.4 Å². The highest BCUT2D eigenvalue weighted by atomic mass is 16.5. The largest absolute Gasteiger partial charge is 0.493 e. The van der Waals surface area contributed by atoms with Crippen LogP contribution >= 0.6 is 0 Å². The molecule has 1 heterocycles. The van der Waals surface area contributed by atoms with Crippen molar-refractivity contribution in [3.8, 4) is 17.2 Å². The summed E-state index contributed by atoms with van der Waals surface area (Å²) < 4.78 is 21.1. The molecule has 0 aliphatic heterocycles. The minimum absolute atomic E-state index is 0.136. The summed E-state index contributed by atoms with van der Waals surface area (Å²) in [4.78, 5) is 39.7. The second kappa shape index (κ2) is 9.97. The number of ketones is 2. The van der Waals surface area contributed by atoms with Crippen molar-refractivity contribution in [3.05, 3.63) is 46.3 Å². The number of carbonyl (C=O) groups excluding carboxylic acids is 3. The van der Waals surface area contributed by atoms with Crippen molar-refractivity contribution < 1.29 is 33.3 Å². The Hall–Kier alpha value is -3.55. The molecule has 0 amide bonds. The number of H-pyrrole nitrogens is 1. The van der Waals surface area contributed by atoms with E-state index in [0.29, 0.717) is 39.6 Å². The first-order valence-electron chi connectivity index (χ1n) is 9.57. The summed E-state index contributed by atoms with van der Waals surface area (Å²) in [6, 6.07) is 3.35. The molecule has 0 saturated heterocycles. The standard InChI is InChI=1S/C23H27NO7/c1-12-20(14(3)25)13(2)24-21(12)22(27)15(4)31-19(26)9-8-16-10-17(28-5)23(30-7)18(11-16)29-6/h8-11,15,24H,1-7H3/b9-8+. The number of Topliss-reactive ketones (excluding diaryl/α,β-unsaturated/α-hetero) is 2. The highest BCUT2D eigenvalue weighted by Crippen LogP contribution is 2.38. The van der Waals surface area contributed by atoms with Crippen LogP contribution in [0.25, 0.3) is 6.08 Å². The Kier molecular flexibility index (Phi) is 7.63. The summed E-state index contributed by atoms with van der Waals surface area (Å²) in [7, 11) is 4.49. The number of benzene rings is 1. The first-order chi connectivity index (χ1) is 14.6. The van der Waals surface area contributed by atoms with Gasteiger partial charge >= 0.3 is 5.97 Å². The van der Waals surface area contributed by atoms with E-state index in [1.807, 2.05) is 0 Å². The van der Waals surface area contributed by atoms with Gasteiger partial charge in [0.2, 0.25) is 11.5 Å². The molecule has 1 aromatic carbocycles. The lowest BCUT2D eigenvalue weighted by Crippen LogP contribution is -2.24. The van der Waals surface area contributed by atoms with Crippen LogP contribution in [0.5, 0.6) is 17.2 Å². The van der Waals surface area contributed by atoms with Crippen LogP contribution in [0.4, 0.5) is 0 Å².